The monoisotopic (exact) mass is 311 g/mol. The molecule has 1 aliphatic rings. The van der Waals surface area contributed by atoms with Crippen LogP contribution in [-0.2, 0) is 4.79 Å². The molecular formula is C16H26ClN3O. The van der Waals surface area contributed by atoms with Crippen LogP contribution in [0, 0.1) is 0 Å². The van der Waals surface area contributed by atoms with E-state index in [1.807, 2.05) is 12.1 Å². The number of nitrogens with one attached hydrogen (secondary N) is 2. The van der Waals surface area contributed by atoms with Crippen molar-refractivity contribution in [3.05, 3.63) is 29.8 Å². The Hall–Kier alpha value is -1.10. The van der Waals surface area contributed by atoms with Crippen molar-refractivity contribution in [3.63, 3.8) is 0 Å². The zero-order valence-corrected chi connectivity index (χ0v) is 13.9. The Morgan fingerprint density at radius 2 is 2.05 bits per heavy atom. The summed E-state index contributed by atoms with van der Waals surface area (Å²) in [7, 11) is 0. The van der Waals surface area contributed by atoms with Gasteiger partial charge in [0.15, 0.2) is 0 Å². The fourth-order valence-electron chi connectivity index (χ4n) is 2.45. The third-order valence-electron chi connectivity index (χ3n) is 3.85. The third kappa shape index (κ3) is 5.30. The van der Waals surface area contributed by atoms with Gasteiger partial charge in [0.2, 0.25) is 5.91 Å². The molecule has 0 spiro atoms. The molecule has 1 amide bonds. The highest BCUT2D eigenvalue weighted by Gasteiger charge is 2.20. The van der Waals surface area contributed by atoms with Crippen LogP contribution in [0.2, 0.25) is 0 Å². The minimum absolute atomic E-state index is 0. The lowest BCUT2D eigenvalue weighted by Gasteiger charge is -2.33. The van der Waals surface area contributed by atoms with E-state index in [9.17, 15) is 4.79 Å². The van der Waals surface area contributed by atoms with Gasteiger partial charge >= 0.3 is 0 Å². The van der Waals surface area contributed by atoms with Gasteiger partial charge in [-0.15, -0.1) is 12.4 Å². The third-order valence-corrected chi connectivity index (χ3v) is 3.85. The number of rotatable bonds is 4. The number of amides is 1. The molecule has 1 fully saturated rings. The van der Waals surface area contributed by atoms with E-state index in [1.165, 1.54) is 5.56 Å². The Morgan fingerprint density at radius 1 is 1.38 bits per heavy atom. The number of piperazine rings is 1. The SMILES string of the molecule is CC(C)c1ccc(NC(=O)CN2CCNCC2C)cc1.Cl. The van der Waals surface area contributed by atoms with Crippen LogP contribution in [0.5, 0.6) is 0 Å². The molecule has 1 saturated heterocycles. The smallest absolute Gasteiger partial charge is 0.238 e. The van der Waals surface area contributed by atoms with E-state index in [1.54, 1.807) is 0 Å². The summed E-state index contributed by atoms with van der Waals surface area (Å²) in [5.74, 6) is 0.581. The predicted molar refractivity (Wildman–Crippen MR) is 90.3 cm³/mol. The largest absolute Gasteiger partial charge is 0.325 e. The van der Waals surface area contributed by atoms with Crippen LogP contribution in [0.4, 0.5) is 5.69 Å². The van der Waals surface area contributed by atoms with Crippen LogP contribution in [0.25, 0.3) is 0 Å². The average Bonchev–Trinajstić information content (AvgIpc) is 2.42. The van der Waals surface area contributed by atoms with E-state index in [4.69, 9.17) is 0 Å². The first kappa shape index (κ1) is 18.0. The van der Waals surface area contributed by atoms with Gasteiger partial charge in [0.25, 0.3) is 0 Å². The van der Waals surface area contributed by atoms with E-state index in [0.29, 0.717) is 18.5 Å². The van der Waals surface area contributed by atoms with E-state index < -0.39 is 0 Å². The molecule has 118 valence electrons. The van der Waals surface area contributed by atoms with Crippen molar-refractivity contribution >= 4 is 24.0 Å². The van der Waals surface area contributed by atoms with Crippen LogP contribution in [-0.4, -0.2) is 43.0 Å². The number of nitrogens with zero attached hydrogens (tertiary/aromatic N) is 1. The van der Waals surface area contributed by atoms with Gasteiger partial charge < -0.3 is 10.6 Å². The quantitative estimate of drug-likeness (QED) is 0.898. The number of carbonyl (C=O) groups excluding carboxylic acids is 1. The van der Waals surface area contributed by atoms with Gasteiger partial charge in [-0.25, -0.2) is 0 Å². The lowest BCUT2D eigenvalue weighted by atomic mass is 10.0. The molecule has 4 nitrogen and oxygen atoms in total. The molecule has 1 unspecified atom stereocenters. The fourth-order valence-corrected chi connectivity index (χ4v) is 2.45. The fraction of sp³-hybridized carbons (Fsp3) is 0.562. The maximum absolute atomic E-state index is 12.1. The van der Waals surface area contributed by atoms with Crippen LogP contribution in [0.1, 0.15) is 32.3 Å². The lowest BCUT2D eigenvalue weighted by molar-refractivity contribution is -0.118. The number of hydrogen-bond donors (Lipinski definition) is 2. The van der Waals surface area contributed by atoms with Gasteiger partial charge in [0.1, 0.15) is 0 Å². The summed E-state index contributed by atoms with van der Waals surface area (Å²) in [6.45, 7) is 9.79. The number of anilines is 1. The van der Waals surface area contributed by atoms with Crippen molar-refractivity contribution in [2.75, 3.05) is 31.5 Å². The predicted octanol–water partition coefficient (Wildman–Crippen LogP) is 2.46. The van der Waals surface area contributed by atoms with Crippen LogP contribution in [0.15, 0.2) is 24.3 Å². The molecular weight excluding hydrogens is 286 g/mol. The molecule has 5 heteroatoms. The normalized spacial score (nSPS) is 19.1. The standard InChI is InChI=1S/C16H25N3O.ClH/c1-12(2)14-4-6-15(7-5-14)18-16(20)11-19-9-8-17-10-13(19)3;/h4-7,12-13,17H,8-11H2,1-3H3,(H,18,20);1H. The summed E-state index contributed by atoms with van der Waals surface area (Å²) in [6.07, 6.45) is 0. The van der Waals surface area contributed by atoms with Gasteiger partial charge in [0.05, 0.1) is 6.54 Å². The summed E-state index contributed by atoms with van der Waals surface area (Å²) >= 11 is 0. The van der Waals surface area contributed by atoms with Crippen molar-refractivity contribution in [1.29, 1.82) is 0 Å². The maximum atomic E-state index is 12.1. The molecule has 1 atom stereocenters. The summed E-state index contributed by atoms with van der Waals surface area (Å²) in [5, 5.41) is 6.31. The van der Waals surface area contributed by atoms with Crippen molar-refractivity contribution in [1.82, 2.24) is 10.2 Å². The van der Waals surface area contributed by atoms with Crippen molar-refractivity contribution in [2.45, 2.75) is 32.7 Å². The number of halogens is 1. The first-order chi connectivity index (χ1) is 9.56. The van der Waals surface area contributed by atoms with E-state index >= 15 is 0 Å². The minimum Gasteiger partial charge on any atom is -0.325 e. The summed E-state index contributed by atoms with van der Waals surface area (Å²) in [4.78, 5) is 14.3. The summed E-state index contributed by atoms with van der Waals surface area (Å²) in [5.41, 5.74) is 2.17. The van der Waals surface area contributed by atoms with Gasteiger partial charge in [-0.3, -0.25) is 9.69 Å². The van der Waals surface area contributed by atoms with E-state index in [0.717, 1.165) is 25.3 Å². The molecule has 21 heavy (non-hydrogen) atoms. The van der Waals surface area contributed by atoms with Gasteiger partial charge in [-0.1, -0.05) is 26.0 Å². The number of carbonyl (C=O) groups is 1. The van der Waals surface area contributed by atoms with Gasteiger partial charge in [-0.05, 0) is 30.5 Å². The van der Waals surface area contributed by atoms with Crippen molar-refractivity contribution < 1.29 is 4.79 Å². The highest BCUT2D eigenvalue weighted by molar-refractivity contribution is 5.92. The molecule has 2 rings (SSSR count). The second-order valence-electron chi connectivity index (χ2n) is 5.85. The molecule has 0 radical (unpaired) electrons. The molecule has 0 saturated carbocycles. The van der Waals surface area contributed by atoms with Crippen molar-refractivity contribution in [2.24, 2.45) is 0 Å². The Bertz CT molecular complexity index is 447. The second-order valence-corrected chi connectivity index (χ2v) is 5.85. The minimum atomic E-state index is 0. The van der Waals surface area contributed by atoms with E-state index in [2.05, 4.69) is 48.4 Å². The number of benzene rings is 1. The van der Waals surface area contributed by atoms with E-state index in [-0.39, 0.29) is 18.3 Å². The Morgan fingerprint density at radius 3 is 2.62 bits per heavy atom. The average molecular weight is 312 g/mol. The number of hydrogen-bond acceptors (Lipinski definition) is 3. The van der Waals surface area contributed by atoms with Crippen LogP contribution >= 0.6 is 12.4 Å². The molecule has 1 aromatic carbocycles. The lowest BCUT2D eigenvalue weighted by Crippen LogP contribution is -2.51. The maximum Gasteiger partial charge on any atom is 0.238 e. The van der Waals surface area contributed by atoms with Gasteiger partial charge in [0, 0.05) is 31.4 Å². The first-order valence-corrected chi connectivity index (χ1v) is 7.41. The first-order valence-electron chi connectivity index (χ1n) is 7.41. The second kappa shape index (κ2) is 8.37. The topological polar surface area (TPSA) is 44.4 Å². The molecule has 1 heterocycles. The molecule has 1 aromatic rings. The Kier molecular flexibility index (Phi) is 7.15. The molecule has 0 aliphatic carbocycles. The summed E-state index contributed by atoms with van der Waals surface area (Å²) < 4.78 is 0. The zero-order chi connectivity index (χ0) is 14.5. The Balaban J connectivity index is 0.00000220. The highest BCUT2D eigenvalue weighted by atomic mass is 35.5. The van der Waals surface area contributed by atoms with Crippen molar-refractivity contribution in [3.8, 4) is 0 Å². The Labute approximate surface area is 133 Å². The van der Waals surface area contributed by atoms with Crippen LogP contribution in [0.3, 0.4) is 0 Å². The zero-order valence-electron chi connectivity index (χ0n) is 13.1. The molecule has 0 bridgehead atoms. The van der Waals surface area contributed by atoms with Gasteiger partial charge in [-0.2, -0.15) is 0 Å². The van der Waals surface area contributed by atoms with Crippen LogP contribution < -0.4 is 10.6 Å². The molecule has 1 aliphatic heterocycles. The highest BCUT2D eigenvalue weighted by Crippen LogP contribution is 2.17. The molecule has 0 aromatic heterocycles. The molecule has 2 N–H and O–H groups in total. The summed E-state index contributed by atoms with van der Waals surface area (Å²) in [6, 6.07) is 8.53.